The van der Waals surface area contributed by atoms with Crippen LogP contribution in [0.1, 0.15) is 5.82 Å². The summed E-state index contributed by atoms with van der Waals surface area (Å²) in [6.45, 7) is 1.99. The molecule has 12 heavy (non-hydrogen) atoms. The molecule has 0 amide bonds. The first-order valence-electron chi connectivity index (χ1n) is 3.56. The lowest BCUT2D eigenvalue weighted by Crippen LogP contribution is -2.28. The molecule has 1 aliphatic rings. The number of hydrogen-bond donors (Lipinski definition) is 1. The van der Waals surface area contributed by atoms with Gasteiger partial charge in [0, 0.05) is 11.6 Å². The van der Waals surface area contributed by atoms with Crippen LogP contribution in [-0.2, 0) is 13.1 Å². The van der Waals surface area contributed by atoms with Crippen LogP contribution in [0.5, 0.6) is 0 Å². The molecular weight excluding hydrogens is 162 g/mol. The van der Waals surface area contributed by atoms with E-state index in [1.165, 1.54) is 0 Å². The Kier molecular flexibility index (Phi) is 1.51. The van der Waals surface area contributed by atoms with Gasteiger partial charge in [-0.2, -0.15) is 4.68 Å². The summed E-state index contributed by atoms with van der Waals surface area (Å²) in [6, 6.07) is 0. The maximum atomic E-state index is 10.3. The van der Waals surface area contributed by atoms with Gasteiger partial charge in [0.1, 0.15) is 0 Å². The Morgan fingerprint density at radius 3 is 3.17 bits per heavy atom. The molecule has 0 unspecified atom stereocenters. The third kappa shape index (κ3) is 1.03. The van der Waals surface area contributed by atoms with Crippen molar-refractivity contribution in [3.63, 3.8) is 0 Å². The number of fused-ring (bicyclic) bond motifs is 1. The van der Waals surface area contributed by atoms with E-state index < -0.39 is 4.92 Å². The SMILES string of the molecule is O=[N+]([O-])c1nc2n(n1)CCNC2. The highest BCUT2D eigenvalue weighted by Gasteiger charge is 2.22. The van der Waals surface area contributed by atoms with Crippen LogP contribution < -0.4 is 5.32 Å². The molecule has 0 saturated carbocycles. The van der Waals surface area contributed by atoms with Gasteiger partial charge < -0.3 is 15.4 Å². The molecule has 7 nitrogen and oxygen atoms in total. The first-order valence-corrected chi connectivity index (χ1v) is 3.56. The van der Waals surface area contributed by atoms with E-state index in [1.807, 2.05) is 0 Å². The minimum absolute atomic E-state index is 0.311. The average molecular weight is 169 g/mol. The third-order valence-electron chi connectivity index (χ3n) is 1.68. The minimum Gasteiger partial charge on any atom is -0.390 e. The van der Waals surface area contributed by atoms with Crippen LogP contribution in [0.25, 0.3) is 0 Å². The Morgan fingerprint density at radius 2 is 2.50 bits per heavy atom. The lowest BCUT2D eigenvalue weighted by molar-refractivity contribution is -0.394. The fourth-order valence-corrected chi connectivity index (χ4v) is 1.13. The van der Waals surface area contributed by atoms with E-state index in [4.69, 9.17) is 0 Å². The van der Waals surface area contributed by atoms with Crippen molar-refractivity contribution in [2.24, 2.45) is 0 Å². The normalized spacial score (nSPS) is 15.7. The monoisotopic (exact) mass is 169 g/mol. The zero-order valence-electron chi connectivity index (χ0n) is 6.23. The van der Waals surface area contributed by atoms with E-state index in [0.717, 1.165) is 6.54 Å². The number of nitro groups is 1. The van der Waals surface area contributed by atoms with Gasteiger partial charge in [-0.25, -0.2) is 0 Å². The number of nitrogens with one attached hydrogen (secondary N) is 1. The highest BCUT2D eigenvalue weighted by molar-refractivity contribution is 5.05. The van der Waals surface area contributed by atoms with Crippen molar-refractivity contribution in [3.8, 4) is 0 Å². The van der Waals surface area contributed by atoms with E-state index >= 15 is 0 Å². The summed E-state index contributed by atoms with van der Waals surface area (Å²) in [5.41, 5.74) is 0. The summed E-state index contributed by atoms with van der Waals surface area (Å²) in [4.78, 5) is 13.4. The summed E-state index contributed by atoms with van der Waals surface area (Å²) in [7, 11) is 0. The standard InChI is InChI=1S/C5H7N5O2/c11-10(12)5-7-4-3-6-1-2-9(4)8-5/h6H,1-3H2. The molecule has 0 fully saturated rings. The van der Waals surface area contributed by atoms with E-state index in [1.54, 1.807) is 4.68 Å². The summed E-state index contributed by atoms with van der Waals surface area (Å²) in [5.74, 6) is 0.321. The first kappa shape index (κ1) is 7.17. The lowest BCUT2D eigenvalue weighted by Gasteiger charge is -2.07. The second-order valence-electron chi connectivity index (χ2n) is 2.49. The highest BCUT2D eigenvalue weighted by Crippen LogP contribution is 2.07. The average Bonchev–Trinajstić information content (AvgIpc) is 2.46. The lowest BCUT2D eigenvalue weighted by atomic mass is 10.4. The molecule has 0 spiro atoms. The molecule has 0 radical (unpaired) electrons. The van der Waals surface area contributed by atoms with Crippen molar-refractivity contribution in [3.05, 3.63) is 15.9 Å². The molecule has 7 heteroatoms. The van der Waals surface area contributed by atoms with E-state index in [2.05, 4.69) is 15.4 Å². The van der Waals surface area contributed by atoms with Crippen LogP contribution >= 0.6 is 0 Å². The predicted octanol–water partition coefficient (Wildman–Crippen LogP) is -0.711. The molecule has 1 aliphatic heterocycles. The minimum atomic E-state index is -0.578. The summed E-state index contributed by atoms with van der Waals surface area (Å²) >= 11 is 0. The summed E-state index contributed by atoms with van der Waals surface area (Å²) < 4.78 is 1.56. The Labute approximate surface area is 67.6 Å². The van der Waals surface area contributed by atoms with Gasteiger partial charge in [-0.3, -0.25) is 0 Å². The van der Waals surface area contributed by atoms with Crippen LogP contribution in [0.3, 0.4) is 0 Å². The zero-order valence-corrected chi connectivity index (χ0v) is 6.23. The number of nitrogens with zero attached hydrogens (tertiary/aromatic N) is 4. The molecule has 0 bridgehead atoms. The molecule has 1 N–H and O–H groups in total. The molecule has 0 aliphatic carbocycles. The number of hydrogen-bond acceptors (Lipinski definition) is 5. The predicted molar refractivity (Wildman–Crippen MR) is 38.4 cm³/mol. The molecule has 1 aromatic heterocycles. The fraction of sp³-hybridized carbons (Fsp3) is 0.600. The Morgan fingerprint density at radius 1 is 1.67 bits per heavy atom. The van der Waals surface area contributed by atoms with Crippen molar-refractivity contribution in [1.82, 2.24) is 20.1 Å². The van der Waals surface area contributed by atoms with Gasteiger partial charge in [0.15, 0.2) is 0 Å². The zero-order chi connectivity index (χ0) is 8.55. The highest BCUT2D eigenvalue weighted by atomic mass is 16.6. The molecule has 1 aromatic rings. The van der Waals surface area contributed by atoms with Gasteiger partial charge in [0.25, 0.3) is 0 Å². The maximum Gasteiger partial charge on any atom is 0.491 e. The topological polar surface area (TPSA) is 85.9 Å². The molecule has 0 saturated heterocycles. The van der Waals surface area contributed by atoms with Gasteiger partial charge in [0.05, 0.1) is 13.1 Å². The van der Waals surface area contributed by atoms with Crippen LogP contribution in [0, 0.1) is 10.1 Å². The van der Waals surface area contributed by atoms with Crippen molar-refractivity contribution >= 4 is 5.95 Å². The molecule has 64 valence electrons. The molecular formula is C5H7N5O2. The Bertz CT molecular complexity index is 296. The van der Waals surface area contributed by atoms with Crippen molar-refractivity contribution in [2.45, 2.75) is 13.1 Å². The maximum absolute atomic E-state index is 10.3. The van der Waals surface area contributed by atoms with Gasteiger partial charge in [-0.05, 0) is 9.91 Å². The second-order valence-corrected chi connectivity index (χ2v) is 2.49. The van der Waals surface area contributed by atoms with Gasteiger partial charge in [-0.15, -0.1) is 0 Å². The van der Waals surface area contributed by atoms with Crippen LogP contribution in [0.15, 0.2) is 0 Å². The quantitative estimate of drug-likeness (QED) is 0.443. The number of aromatic nitrogens is 3. The number of rotatable bonds is 1. The molecule has 2 heterocycles. The van der Waals surface area contributed by atoms with E-state index in [0.29, 0.717) is 18.9 Å². The second kappa shape index (κ2) is 2.52. The van der Waals surface area contributed by atoms with E-state index in [9.17, 15) is 10.1 Å². The van der Waals surface area contributed by atoms with Gasteiger partial charge in [0.2, 0.25) is 5.82 Å². The van der Waals surface area contributed by atoms with Gasteiger partial charge >= 0.3 is 5.95 Å². The van der Waals surface area contributed by atoms with Crippen molar-refractivity contribution in [1.29, 1.82) is 0 Å². The summed E-state index contributed by atoms with van der Waals surface area (Å²) in [6.07, 6.45) is 0. The van der Waals surface area contributed by atoms with Crippen molar-refractivity contribution < 1.29 is 4.92 Å². The molecule has 0 atom stereocenters. The van der Waals surface area contributed by atoms with Crippen LogP contribution in [0.4, 0.5) is 5.95 Å². The van der Waals surface area contributed by atoms with Gasteiger partial charge in [-0.1, -0.05) is 0 Å². The summed E-state index contributed by atoms with van der Waals surface area (Å²) in [5, 5.41) is 17.0. The Balaban J connectivity index is 2.38. The molecule has 2 rings (SSSR count). The molecule has 0 aromatic carbocycles. The van der Waals surface area contributed by atoms with Crippen LogP contribution in [-0.4, -0.2) is 26.2 Å². The Hall–Kier alpha value is -1.50. The fourth-order valence-electron chi connectivity index (χ4n) is 1.13. The van der Waals surface area contributed by atoms with E-state index in [-0.39, 0.29) is 5.95 Å². The largest absolute Gasteiger partial charge is 0.491 e. The first-order chi connectivity index (χ1) is 5.77. The smallest absolute Gasteiger partial charge is 0.390 e. The van der Waals surface area contributed by atoms with Crippen LogP contribution in [0.2, 0.25) is 0 Å². The third-order valence-corrected chi connectivity index (χ3v) is 1.68. The van der Waals surface area contributed by atoms with Crippen molar-refractivity contribution in [2.75, 3.05) is 6.54 Å².